The van der Waals surface area contributed by atoms with E-state index in [1.165, 1.54) is 6.21 Å². The number of nitrogens with one attached hydrogen (secondary N) is 2. The van der Waals surface area contributed by atoms with Crippen LogP contribution in [-0.4, -0.2) is 18.4 Å². The van der Waals surface area contributed by atoms with Crippen molar-refractivity contribution in [1.29, 1.82) is 0 Å². The molecule has 1 rings (SSSR count). The van der Waals surface area contributed by atoms with Gasteiger partial charge >= 0.3 is 6.03 Å². The molecule has 0 bridgehead atoms. The highest BCUT2D eigenvalue weighted by molar-refractivity contribution is 5.86. The number of aliphatic imine (C=N–C) groups is 1. The van der Waals surface area contributed by atoms with Crippen molar-refractivity contribution < 1.29 is 4.79 Å². The minimum atomic E-state index is -0.343. The first kappa shape index (κ1) is 6.18. The van der Waals surface area contributed by atoms with E-state index in [2.05, 4.69) is 15.7 Å². The highest BCUT2D eigenvalue weighted by atomic mass is 16.2. The molecule has 1 aliphatic rings. The van der Waals surface area contributed by atoms with E-state index in [4.69, 9.17) is 5.84 Å². The average molecular weight is 128 g/mol. The minimum absolute atomic E-state index is 0.157. The van der Waals surface area contributed by atoms with E-state index in [1.807, 2.05) is 0 Å². The van der Waals surface area contributed by atoms with Gasteiger partial charge in [-0.2, -0.15) is 0 Å². The Morgan fingerprint density at radius 2 is 2.78 bits per heavy atom. The largest absolute Gasteiger partial charge is 0.341 e. The highest BCUT2D eigenvalue weighted by Gasteiger charge is 2.11. The molecule has 0 aliphatic carbocycles. The van der Waals surface area contributed by atoms with Gasteiger partial charge in [0.05, 0.1) is 6.17 Å². The van der Waals surface area contributed by atoms with Crippen LogP contribution in [-0.2, 0) is 0 Å². The third-order valence-corrected chi connectivity index (χ3v) is 1.05. The van der Waals surface area contributed by atoms with E-state index in [0.717, 1.165) is 0 Å². The number of amides is 2. The standard InChI is InChI=1S/C4H8N4O/c5-8-3-1-2-6-4(9)7-3/h2-3,8H,1,5H2,(H,7,9). The maximum absolute atomic E-state index is 10.4. The second-order valence-electron chi connectivity index (χ2n) is 1.72. The highest BCUT2D eigenvalue weighted by Crippen LogP contribution is 1.90. The molecule has 0 fully saturated rings. The summed E-state index contributed by atoms with van der Waals surface area (Å²) in [7, 11) is 0. The van der Waals surface area contributed by atoms with Crippen molar-refractivity contribution >= 4 is 12.2 Å². The molecule has 1 aliphatic heterocycles. The lowest BCUT2D eigenvalue weighted by molar-refractivity contribution is 0.242. The molecule has 5 nitrogen and oxygen atoms in total. The van der Waals surface area contributed by atoms with Crippen LogP contribution in [0.1, 0.15) is 6.42 Å². The Bertz CT molecular complexity index is 144. The Morgan fingerprint density at radius 3 is 3.22 bits per heavy atom. The summed E-state index contributed by atoms with van der Waals surface area (Å²) in [6.07, 6.45) is 2.01. The number of hydrogen-bond acceptors (Lipinski definition) is 3. The lowest BCUT2D eigenvalue weighted by atomic mass is 10.3. The van der Waals surface area contributed by atoms with E-state index in [9.17, 15) is 4.79 Å². The third-order valence-electron chi connectivity index (χ3n) is 1.05. The van der Waals surface area contributed by atoms with Gasteiger partial charge in [0.2, 0.25) is 0 Å². The fourth-order valence-electron chi connectivity index (χ4n) is 0.596. The van der Waals surface area contributed by atoms with Crippen molar-refractivity contribution in [3.63, 3.8) is 0 Å². The van der Waals surface area contributed by atoms with Gasteiger partial charge in [-0.25, -0.2) is 15.2 Å². The summed E-state index contributed by atoms with van der Waals surface area (Å²) in [6.45, 7) is 0. The molecule has 1 heterocycles. The zero-order valence-electron chi connectivity index (χ0n) is 4.79. The maximum atomic E-state index is 10.4. The number of carbonyl (C=O) groups excluding carboxylic acids is 1. The summed E-state index contributed by atoms with van der Waals surface area (Å²) in [5.74, 6) is 5.04. The molecule has 4 N–H and O–H groups in total. The molecule has 1 unspecified atom stereocenters. The Hall–Kier alpha value is -0.940. The Labute approximate surface area is 52.3 Å². The van der Waals surface area contributed by atoms with Crippen LogP contribution in [0.2, 0.25) is 0 Å². The zero-order chi connectivity index (χ0) is 6.69. The number of hydrogen-bond donors (Lipinski definition) is 3. The number of carbonyl (C=O) groups is 1. The zero-order valence-corrected chi connectivity index (χ0v) is 4.79. The Balaban J connectivity index is 2.47. The molecule has 0 aromatic rings. The predicted molar refractivity (Wildman–Crippen MR) is 32.8 cm³/mol. The van der Waals surface area contributed by atoms with E-state index >= 15 is 0 Å². The maximum Gasteiger partial charge on any atom is 0.341 e. The molecule has 0 saturated carbocycles. The minimum Gasteiger partial charge on any atom is -0.319 e. The van der Waals surface area contributed by atoms with Crippen LogP contribution >= 0.6 is 0 Å². The SMILES string of the molecule is NNC1CC=NC(=O)N1. The number of hydrazine groups is 1. The lowest BCUT2D eigenvalue weighted by Gasteiger charge is -2.16. The van der Waals surface area contributed by atoms with Crippen LogP contribution in [0.4, 0.5) is 4.79 Å². The van der Waals surface area contributed by atoms with Gasteiger partial charge in [0.15, 0.2) is 0 Å². The fourth-order valence-corrected chi connectivity index (χ4v) is 0.596. The summed E-state index contributed by atoms with van der Waals surface area (Å²) in [5.41, 5.74) is 2.41. The van der Waals surface area contributed by atoms with Gasteiger partial charge in [-0.15, -0.1) is 0 Å². The Kier molecular flexibility index (Phi) is 1.76. The number of nitrogens with two attached hydrogens (primary N) is 1. The van der Waals surface area contributed by atoms with Crippen LogP contribution < -0.4 is 16.6 Å². The lowest BCUT2D eigenvalue weighted by Crippen LogP contribution is -2.49. The van der Waals surface area contributed by atoms with Gasteiger partial charge < -0.3 is 5.32 Å². The van der Waals surface area contributed by atoms with Gasteiger partial charge in [-0.05, 0) is 0 Å². The van der Waals surface area contributed by atoms with Gasteiger partial charge in [-0.1, -0.05) is 0 Å². The molecule has 5 heteroatoms. The molecule has 2 amide bonds. The van der Waals surface area contributed by atoms with Gasteiger partial charge in [0, 0.05) is 12.6 Å². The second kappa shape index (κ2) is 2.56. The quantitative estimate of drug-likeness (QED) is 0.311. The van der Waals surface area contributed by atoms with E-state index in [0.29, 0.717) is 6.42 Å². The summed E-state index contributed by atoms with van der Waals surface area (Å²) >= 11 is 0. The number of urea groups is 1. The first-order chi connectivity index (χ1) is 4.33. The van der Waals surface area contributed by atoms with Crippen LogP contribution in [0.5, 0.6) is 0 Å². The molecule has 0 spiro atoms. The van der Waals surface area contributed by atoms with Gasteiger partial charge in [0.1, 0.15) is 0 Å². The Morgan fingerprint density at radius 1 is 2.00 bits per heavy atom. The average Bonchev–Trinajstić information content (AvgIpc) is 1.88. The van der Waals surface area contributed by atoms with Crippen molar-refractivity contribution in [2.45, 2.75) is 12.6 Å². The molecule has 9 heavy (non-hydrogen) atoms. The van der Waals surface area contributed by atoms with Gasteiger partial charge in [0.25, 0.3) is 0 Å². The number of rotatable bonds is 1. The second-order valence-corrected chi connectivity index (χ2v) is 1.72. The first-order valence-electron chi connectivity index (χ1n) is 2.62. The molecule has 0 saturated heterocycles. The van der Waals surface area contributed by atoms with E-state index in [-0.39, 0.29) is 12.2 Å². The van der Waals surface area contributed by atoms with Crippen LogP contribution in [0.15, 0.2) is 4.99 Å². The van der Waals surface area contributed by atoms with Crippen LogP contribution in [0.3, 0.4) is 0 Å². The summed E-state index contributed by atoms with van der Waals surface area (Å²) in [4.78, 5) is 13.9. The normalized spacial score (nSPS) is 25.9. The summed E-state index contributed by atoms with van der Waals surface area (Å²) in [6, 6.07) is -0.343. The van der Waals surface area contributed by atoms with Crippen molar-refractivity contribution in [2.24, 2.45) is 10.8 Å². The summed E-state index contributed by atoms with van der Waals surface area (Å²) < 4.78 is 0. The molecule has 1 atom stereocenters. The third kappa shape index (κ3) is 1.48. The smallest absolute Gasteiger partial charge is 0.319 e. The predicted octanol–water partition coefficient (Wildman–Crippen LogP) is -1.04. The van der Waals surface area contributed by atoms with E-state index in [1.54, 1.807) is 0 Å². The molecule has 0 aromatic heterocycles. The fraction of sp³-hybridized carbons (Fsp3) is 0.500. The van der Waals surface area contributed by atoms with Crippen LogP contribution in [0.25, 0.3) is 0 Å². The van der Waals surface area contributed by atoms with Gasteiger partial charge in [-0.3, -0.25) is 5.84 Å². The van der Waals surface area contributed by atoms with Crippen LogP contribution in [0, 0.1) is 0 Å². The van der Waals surface area contributed by atoms with Crippen molar-refractivity contribution in [3.8, 4) is 0 Å². The van der Waals surface area contributed by atoms with Crippen molar-refractivity contribution in [2.75, 3.05) is 0 Å². The number of nitrogens with zero attached hydrogens (tertiary/aromatic N) is 1. The topological polar surface area (TPSA) is 79.5 Å². The van der Waals surface area contributed by atoms with Crippen molar-refractivity contribution in [1.82, 2.24) is 10.7 Å². The molecule has 0 radical (unpaired) electrons. The summed E-state index contributed by atoms with van der Waals surface area (Å²) in [5, 5.41) is 2.49. The molecule has 0 aromatic carbocycles. The van der Waals surface area contributed by atoms with Crippen molar-refractivity contribution in [3.05, 3.63) is 0 Å². The monoisotopic (exact) mass is 128 g/mol. The molecule has 50 valence electrons. The van der Waals surface area contributed by atoms with E-state index < -0.39 is 0 Å². The molecular weight excluding hydrogens is 120 g/mol. The molecular formula is C4H8N4O. The first-order valence-corrected chi connectivity index (χ1v) is 2.62.